The van der Waals surface area contributed by atoms with Crippen LogP contribution in [-0.4, -0.2) is 29.2 Å². The molecule has 1 heterocycles. The van der Waals surface area contributed by atoms with Crippen LogP contribution in [0.25, 0.3) is 0 Å². The fraction of sp³-hybridized carbons (Fsp3) is 0.292. The summed E-state index contributed by atoms with van der Waals surface area (Å²) in [5, 5.41) is 0. The van der Waals surface area contributed by atoms with Crippen LogP contribution in [0.2, 0.25) is 0 Å². The first kappa shape index (κ1) is 25.5. The van der Waals surface area contributed by atoms with Crippen LogP contribution < -0.4 is 31.4 Å². The van der Waals surface area contributed by atoms with Gasteiger partial charge >= 0.3 is 12.3 Å². The Morgan fingerprint density at radius 1 is 1.11 bits per heavy atom. The van der Waals surface area contributed by atoms with E-state index in [1.54, 1.807) is 24.3 Å². The van der Waals surface area contributed by atoms with E-state index in [1.165, 1.54) is 35.9 Å². The number of unbranched alkanes of at least 4 members (excludes halogenated alkanes) is 1. The Balaban J connectivity index is 2.22. The van der Waals surface area contributed by atoms with Crippen LogP contribution in [0.15, 0.2) is 58.1 Å². The van der Waals surface area contributed by atoms with Crippen LogP contribution >= 0.6 is 0 Å². The number of carbonyl (C=O) groups is 1. The van der Waals surface area contributed by atoms with Crippen LogP contribution in [-0.2, 0) is 13.1 Å². The second-order valence-corrected chi connectivity index (χ2v) is 7.58. The molecule has 35 heavy (non-hydrogen) atoms. The Morgan fingerprint density at radius 3 is 2.43 bits per heavy atom. The number of nitrogens with zero attached hydrogens (tertiary/aromatic N) is 2. The van der Waals surface area contributed by atoms with Gasteiger partial charge in [0.15, 0.2) is 5.69 Å². The summed E-state index contributed by atoms with van der Waals surface area (Å²) in [5.41, 5.74) is 4.66. The zero-order valence-electron chi connectivity index (χ0n) is 19.3. The molecule has 0 saturated heterocycles. The predicted molar refractivity (Wildman–Crippen MR) is 127 cm³/mol. The molecule has 3 rings (SSSR count). The summed E-state index contributed by atoms with van der Waals surface area (Å²) in [7, 11) is 1.45. The molecule has 11 heteroatoms. The number of nitrogens with one attached hydrogen (secondary N) is 1. The topological polar surface area (TPSA) is 120 Å². The Bertz CT molecular complexity index is 1310. The first-order chi connectivity index (χ1) is 16.8. The minimum Gasteiger partial charge on any atom is -0.496 e. The highest BCUT2D eigenvalue weighted by molar-refractivity contribution is 6.08. The second-order valence-electron chi connectivity index (χ2n) is 7.58. The van der Waals surface area contributed by atoms with Crippen molar-refractivity contribution >= 4 is 17.4 Å². The molecule has 0 aliphatic heterocycles. The van der Waals surface area contributed by atoms with E-state index in [0.717, 1.165) is 11.3 Å². The molecule has 0 radical (unpaired) electrons. The van der Waals surface area contributed by atoms with Crippen molar-refractivity contribution in [3.05, 3.63) is 80.5 Å². The van der Waals surface area contributed by atoms with Crippen molar-refractivity contribution in [2.45, 2.75) is 39.5 Å². The molecule has 0 bridgehead atoms. The van der Waals surface area contributed by atoms with Gasteiger partial charge in [0.05, 0.1) is 19.2 Å². The van der Waals surface area contributed by atoms with Crippen LogP contribution in [0.5, 0.6) is 11.5 Å². The number of nitrogens with two attached hydrogens (primary N) is 1. The number of halogens is 2. The molecular formula is C24H26F2N4O5. The number of H-pyrrole nitrogens is 1. The lowest BCUT2D eigenvalue weighted by molar-refractivity contribution is -0.0501. The number of methoxy groups -OCH3 is 1. The van der Waals surface area contributed by atoms with Crippen LogP contribution in [0, 0.1) is 0 Å². The fourth-order valence-corrected chi connectivity index (χ4v) is 3.62. The summed E-state index contributed by atoms with van der Waals surface area (Å²) in [4.78, 5) is 42.3. The van der Waals surface area contributed by atoms with E-state index in [0.29, 0.717) is 17.7 Å². The maximum absolute atomic E-state index is 13.7. The predicted octanol–water partition coefficient (Wildman–Crippen LogP) is 3.38. The minimum atomic E-state index is -3.17. The first-order valence-corrected chi connectivity index (χ1v) is 10.9. The molecule has 0 aliphatic carbocycles. The summed E-state index contributed by atoms with van der Waals surface area (Å²) in [6.07, 6.45) is 1.35. The van der Waals surface area contributed by atoms with Crippen molar-refractivity contribution in [3.63, 3.8) is 0 Å². The third kappa shape index (κ3) is 5.68. The summed E-state index contributed by atoms with van der Waals surface area (Å²) < 4.78 is 37.1. The number of anilines is 2. The Kier molecular flexibility index (Phi) is 8.24. The highest BCUT2D eigenvalue weighted by Gasteiger charge is 2.28. The van der Waals surface area contributed by atoms with E-state index in [2.05, 4.69) is 9.72 Å². The van der Waals surface area contributed by atoms with Gasteiger partial charge in [-0.3, -0.25) is 24.0 Å². The number of ether oxygens (including phenoxy) is 2. The van der Waals surface area contributed by atoms with E-state index < -0.39 is 23.8 Å². The van der Waals surface area contributed by atoms with Crippen LogP contribution in [0.1, 0.15) is 35.7 Å². The molecule has 186 valence electrons. The van der Waals surface area contributed by atoms with E-state index >= 15 is 0 Å². The molecule has 2 aromatic carbocycles. The van der Waals surface area contributed by atoms with Gasteiger partial charge in [-0.15, -0.1) is 0 Å². The van der Waals surface area contributed by atoms with Gasteiger partial charge in [0, 0.05) is 12.1 Å². The van der Waals surface area contributed by atoms with E-state index in [1.807, 2.05) is 6.92 Å². The summed E-state index contributed by atoms with van der Waals surface area (Å²) in [5.74, 6) is -0.990. The number of hydrogen-bond donors (Lipinski definition) is 2. The van der Waals surface area contributed by atoms with Gasteiger partial charge in [-0.2, -0.15) is 8.78 Å². The third-order valence-electron chi connectivity index (χ3n) is 5.32. The number of nitrogen functional groups attached to an aromatic ring is 1. The number of aromatic amines is 1. The minimum absolute atomic E-state index is 0.203. The molecule has 3 aromatic rings. The standard InChI is InChI=1S/C24H26F2N4O5/c1-3-4-13-29-20(27)19(21(31)28-24(29)33)30(14-15-9-5-7-11-17(15)34-2)22(32)16-10-6-8-12-18(16)35-23(25)26/h5-12,23H,3-4,13-14,27H2,1-2H3,(H,28,31,33). The van der Waals surface area contributed by atoms with Crippen molar-refractivity contribution in [2.75, 3.05) is 17.7 Å². The molecule has 0 saturated carbocycles. The molecule has 1 aromatic heterocycles. The van der Waals surface area contributed by atoms with Gasteiger partial charge in [-0.1, -0.05) is 43.7 Å². The average Bonchev–Trinajstić information content (AvgIpc) is 2.83. The highest BCUT2D eigenvalue weighted by Crippen LogP contribution is 2.29. The molecule has 0 fully saturated rings. The largest absolute Gasteiger partial charge is 0.496 e. The molecule has 9 nitrogen and oxygen atoms in total. The molecule has 0 unspecified atom stereocenters. The average molecular weight is 488 g/mol. The molecule has 0 spiro atoms. The zero-order valence-corrected chi connectivity index (χ0v) is 19.3. The Morgan fingerprint density at radius 2 is 1.77 bits per heavy atom. The summed E-state index contributed by atoms with van der Waals surface area (Å²) in [6, 6.07) is 12.2. The summed E-state index contributed by atoms with van der Waals surface area (Å²) >= 11 is 0. The van der Waals surface area contributed by atoms with Crippen molar-refractivity contribution in [1.82, 2.24) is 9.55 Å². The summed E-state index contributed by atoms with van der Waals surface area (Å²) in [6.45, 7) is -1.24. The number of carbonyl (C=O) groups excluding carboxylic acids is 1. The highest BCUT2D eigenvalue weighted by atomic mass is 19.3. The maximum Gasteiger partial charge on any atom is 0.387 e. The van der Waals surface area contributed by atoms with Gasteiger partial charge in [0.2, 0.25) is 0 Å². The van der Waals surface area contributed by atoms with Gasteiger partial charge in [0.25, 0.3) is 11.5 Å². The van der Waals surface area contributed by atoms with Gasteiger partial charge in [-0.25, -0.2) is 4.79 Å². The fourth-order valence-electron chi connectivity index (χ4n) is 3.62. The number of benzene rings is 2. The lowest BCUT2D eigenvalue weighted by Gasteiger charge is -2.26. The number of para-hydroxylation sites is 2. The molecule has 1 amide bonds. The third-order valence-corrected chi connectivity index (χ3v) is 5.32. The molecule has 3 N–H and O–H groups in total. The Labute approximate surface area is 199 Å². The van der Waals surface area contributed by atoms with Crippen LogP contribution in [0.4, 0.5) is 20.3 Å². The van der Waals surface area contributed by atoms with E-state index in [-0.39, 0.29) is 35.9 Å². The van der Waals surface area contributed by atoms with Crippen LogP contribution in [0.3, 0.4) is 0 Å². The van der Waals surface area contributed by atoms with Gasteiger partial charge in [0.1, 0.15) is 17.3 Å². The maximum atomic E-state index is 13.7. The number of aromatic nitrogens is 2. The van der Waals surface area contributed by atoms with Gasteiger partial charge in [-0.05, 0) is 24.6 Å². The van der Waals surface area contributed by atoms with E-state index in [9.17, 15) is 23.2 Å². The normalized spacial score (nSPS) is 10.9. The number of amides is 1. The Hall–Kier alpha value is -4.15. The lowest BCUT2D eigenvalue weighted by Crippen LogP contribution is -2.41. The lowest BCUT2D eigenvalue weighted by atomic mass is 10.1. The monoisotopic (exact) mass is 488 g/mol. The van der Waals surface area contributed by atoms with Crippen molar-refractivity contribution in [1.29, 1.82) is 0 Å². The number of alkyl halides is 2. The SMILES string of the molecule is CCCCn1c(N)c(N(Cc2ccccc2OC)C(=O)c2ccccc2OC(F)F)c(=O)[nH]c1=O. The van der Waals surface area contributed by atoms with E-state index in [4.69, 9.17) is 10.5 Å². The van der Waals surface area contributed by atoms with Crippen molar-refractivity contribution in [2.24, 2.45) is 0 Å². The van der Waals surface area contributed by atoms with Gasteiger partial charge < -0.3 is 15.2 Å². The quantitative estimate of drug-likeness (QED) is 0.452. The van der Waals surface area contributed by atoms with Crippen molar-refractivity contribution < 1.29 is 23.0 Å². The number of hydrogen-bond acceptors (Lipinski definition) is 6. The first-order valence-electron chi connectivity index (χ1n) is 10.9. The molecular weight excluding hydrogens is 462 g/mol. The smallest absolute Gasteiger partial charge is 0.387 e. The second kappa shape index (κ2) is 11.3. The molecule has 0 aliphatic rings. The number of rotatable bonds is 10. The molecule has 0 atom stereocenters. The zero-order chi connectivity index (χ0) is 25.5. The van der Waals surface area contributed by atoms with Crippen molar-refractivity contribution in [3.8, 4) is 11.5 Å².